The van der Waals surface area contributed by atoms with Crippen LogP contribution < -0.4 is 0 Å². The molecule has 1 aromatic heterocycles. The third-order valence-corrected chi connectivity index (χ3v) is 4.02. The molecule has 0 aromatic carbocycles. The maximum Gasteiger partial charge on any atom is 0.335 e. The Labute approximate surface area is 105 Å². The number of ether oxygens (including phenoxy) is 1. The fourth-order valence-electron chi connectivity index (χ4n) is 1.18. The lowest BCUT2D eigenvalue weighted by molar-refractivity contribution is 0.0696. The predicted molar refractivity (Wildman–Crippen MR) is 62.9 cm³/mol. The van der Waals surface area contributed by atoms with Gasteiger partial charge in [-0.05, 0) is 12.1 Å². The highest BCUT2D eigenvalue weighted by Gasteiger charge is 2.22. The van der Waals surface area contributed by atoms with Gasteiger partial charge < -0.3 is 9.84 Å². The number of carboxylic acid groups (broad SMARTS) is 1. The summed E-state index contributed by atoms with van der Waals surface area (Å²) in [6, 6.07) is 2.26. The molecule has 0 amide bonds. The molecule has 0 saturated carbocycles. The number of carboxylic acids is 1. The number of sulfonamides is 1. The van der Waals surface area contributed by atoms with E-state index in [2.05, 4.69) is 4.98 Å². The summed E-state index contributed by atoms with van der Waals surface area (Å²) in [4.78, 5) is 14.5. The van der Waals surface area contributed by atoms with E-state index in [0.717, 1.165) is 16.6 Å². The van der Waals surface area contributed by atoms with E-state index in [0.29, 0.717) is 0 Å². The minimum Gasteiger partial charge on any atom is -0.478 e. The molecule has 8 heteroatoms. The summed E-state index contributed by atoms with van der Waals surface area (Å²) in [5, 5.41) is 8.51. The molecular formula is C10H14N2O5S. The van der Waals surface area contributed by atoms with E-state index in [-0.39, 0.29) is 23.7 Å². The van der Waals surface area contributed by atoms with Crippen LogP contribution in [0.1, 0.15) is 10.4 Å². The summed E-state index contributed by atoms with van der Waals surface area (Å²) in [7, 11) is -0.948. The molecule has 0 radical (unpaired) electrons. The molecule has 7 nitrogen and oxygen atoms in total. The van der Waals surface area contributed by atoms with Crippen LogP contribution >= 0.6 is 0 Å². The quantitative estimate of drug-likeness (QED) is 0.787. The molecule has 0 unspecified atom stereocenters. The van der Waals surface area contributed by atoms with Crippen molar-refractivity contribution in [3.05, 3.63) is 23.9 Å². The number of rotatable bonds is 6. The lowest BCUT2D eigenvalue weighted by Crippen LogP contribution is -2.30. The molecule has 1 N–H and O–H groups in total. The zero-order valence-corrected chi connectivity index (χ0v) is 10.8. The molecule has 0 aliphatic rings. The Kier molecular flexibility index (Phi) is 4.76. The van der Waals surface area contributed by atoms with Crippen LogP contribution in [0.2, 0.25) is 0 Å². The van der Waals surface area contributed by atoms with E-state index in [1.165, 1.54) is 20.2 Å². The summed E-state index contributed by atoms with van der Waals surface area (Å²) in [6.45, 7) is 0.409. The Balaban J connectivity index is 3.04. The number of carbonyl (C=O) groups is 1. The number of likely N-dealkylation sites (N-methyl/N-ethyl adjacent to an activating group) is 1. The smallest absolute Gasteiger partial charge is 0.335 e. The highest BCUT2D eigenvalue weighted by molar-refractivity contribution is 7.89. The van der Waals surface area contributed by atoms with Crippen molar-refractivity contribution in [1.29, 1.82) is 0 Å². The van der Waals surface area contributed by atoms with Crippen LogP contribution in [-0.4, -0.2) is 56.1 Å². The average molecular weight is 274 g/mol. The molecule has 0 fully saturated rings. The third kappa shape index (κ3) is 3.25. The summed E-state index contributed by atoms with van der Waals surface area (Å²) in [6.07, 6.45) is 1.15. The summed E-state index contributed by atoms with van der Waals surface area (Å²) >= 11 is 0. The second-order valence-electron chi connectivity index (χ2n) is 3.51. The first kappa shape index (κ1) is 14.6. The van der Waals surface area contributed by atoms with E-state index in [1.54, 1.807) is 0 Å². The van der Waals surface area contributed by atoms with Gasteiger partial charge in [-0.3, -0.25) is 0 Å². The van der Waals surface area contributed by atoms with Crippen molar-refractivity contribution in [3.8, 4) is 0 Å². The van der Waals surface area contributed by atoms with Crippen LogP contribution in [0.3, 0.4) is 0 Å². The van der Waals surface area contributed by atoms with E-state index >= 15 is 0 Å². The third-order valence-electron chi connectivity index (χ3n) is 2.27. The van der Waals surface area contributed by atoms with Gasteiger partial charge in [0.1, 0.15) is 0 Å². The van der Waals surface area contributed by atoms with Crippen molar-refractivity contribution in [2.75, 3.05) is 27.3 Å². The van der Waals surface area contributed by atoms with Gasteiger partial charge in [0, 0.05) is 26.9 Å². The van der Waals surface area contributed by atoms with E-state index in [4.69, 9.17) is 9.84 Å². The minimum absolute atomic E-state index is 0.122. The Morgan fingerprint density at radius 3 is 2.78 bits per heavy atom. The number of aromatic nitrogens is 1. The van der Waals surface area contributed by atoms with Gasteiger partial charge in [-0.2, -0.15) is 4.31 Å². The molecule has 18 heavy (non-hydrogen) atoms. The number of hydrogen-bond acceptors (Lipinski definition) is 5. The summed E-state index contributed by atoms with van der Waals surface area (Å²) < 4.78 is 29.9. The predicted octanol–water partition coefficient (Wildman–Crippen LogP) is 0.0467. The van der Waals surface area contributed by atoms with Crippen molar-refractivity contribution in [2.24, 2.45) is 0 Å². The number of aromatic carboxylic acids is 1. The highest BCUT2D eigenvalue weighted by Crippen LogP contribution is 2.12. The highest BCUT2D eigenvalue weighted by atomic mass is 32.2. The van der Waals surface area contributed by atoms with Gasteiger partial charge in [-0.25, -0.2) is 18.2 Å². The molecule has 100 valence electrons. The van der Waals surface area contributed by atoms with Crippen molar-refractivity contribution in [2.45, 2.75) is 5.03 Å². The largest absolute Gasteiger partial charge is 0.478 e. The normalized spacial score (nSPS) is 11.7. The molecule has 1 heterocycles. The second-order valence-corrected chi connectivity index (χ2v) is 5.50. The lowest BCUT2D eigenvalue weighted by atomic mass is 10.3. The SMILES string of the molecule is COCCN(C)S(=O)(=O)c1cc(C(=O)O)ccn1. The first-order chi connectivity index (χ1) is 8.39. The van der Waals surface area contributed by atoms with Crippen molar-refractivity contribution in [3.63, 3.8) is 0 Å². The zero-order chi connectivity index (χ0) is 13.8. The van der Waals surface area contributed by atoms with Gasteiger partial charge in [0.15, 0.2) is 5.03 Å². The topological polar surface area (TPSA) is 96.8 Å². The molecule has 1 aromatic rings. The fraction of sp³-hybridized carbons (Fsp3) is 0.400. The fourth-order valence-corrected chi connectivity index (χ4v) is 2.29. The second kappa shape index (κ2) is 5.89. The van der Waals surface area contributed by atoms with Crippen LogP contribution in [0.4, 0.5) is 0 Å². The molecule has 0 atom stereocenters. The minimum atomic E-state index is -3.79. The standard InChI is InChI=1S/C10H14N2O5S/c1-12(5-6-17-2)18(15,16)9-7-8(10(13)14)3-4-11-9/h3-4,7H,5-6H2,1-2H3,(H,13,14). The van der Waals surface area contributed by atoms with Crippen molar-refractivity contribution >= 4 is 16.0 Å². The molecule has 0 aliphatic heterocycles. The average Bonchev–Trinajstić information content (AvgIpc) is 2.35. The molecule has 0 saturated heterocycles. The maximum atomic E-state index is 12.0. The van der Waals surface area contributed by atoms with Gasteiger partial charge in [0.2, 0.25) is 0 Å². The van der Waals surface area contributed by atoms with Gasteiger partial charge >= 0.3 is 5.97 Å². The van der Waals surface area contributed by atoms with E-state index in [9.17, 15) is 13.2 Å². The Morgan fingerprint density at radius 2 is 2.22 bits per heavy atom. The van der Waals surface area contributed by atoms with E-state index < -0.39 is 16.0 Å². The first-order valence-corrected chi connectivity index (χ1v) is 6.48. The van der Waals surface area contributed by atoms with Crippen LogP contribution in [0, 0.1) is 0 Å². The maximum absolute atomic E-state index is 12.0. The Hall–Kier alpha value is -1.51. The molecule has 0 aliphatic carbocycles. The van der Waals surface area contributed by atoms with Crippen LogP contribution in [0.25, 0.3) is 0 Å². The van der Waals surface area contributed by atoms with Gasteiger partial charge in [0.25, 0.3) is 10.0 Å². The van der Waals surface area contributed by atoms with Crippen molar-refractivity contribution in [1.82, 2.24) is 9.29 Å². The number of methoxy groups -OCH3 is 1. The van der Waals surface area contributed by atoms with Crippen LogP contribution in [-0.2, 0) is 14.8 Å². The van der Waals surface area contributed by atoms with Crippen LogP contribution in [0.15, 0.2) is 23.4 Å². The molecule has 1 rings (SSSR count). The summed E-state index contributed by atoms with van der Waals surface area (Å²) in [5.41, 5.74) is -0.122. The molecule has 0 spiro atoms. The van der Waals surface area contributed by atoms with Gasteiger partial charge in [-0.1, -0.05) is 0 Å². The van der Waals surface area contributed by atoms with Gasteiger partial charge in [0.05, 0.1) is 12.2 Å². The number of nitrogens with zero attached hydrogens (tertiary/aromatic N) is 2. The molecule has 0 bridgehead atoms. The monoisotopic (exact) mass is 274 g/mol. The molecular weight excluding hydrogens is 260 g/mol. The van der Waals surface area contributed by atoms with Crippen LogP contribution in [0.5, 0.6) is 0 Å². The first-order valence-electron chi connectivity index (χ1n) is 5.04. The number of hydrogen-bond donors (Lipinski definition) is 1. The van der Waals surface area contributed by atoms with Gasteiger partial charge in [-0.15, -0.1) is 0 Å². The lowest BCUT2D eigenvalue weighted by Gasteiger charge is -2.15. The number of pyridine rings is 1. The van der Waals surface area contributed by atoms with E-state index in [1.807, 2.05) is 0 Å². The Bertz CT molecular complexity index is 529. The zero-order valence-electron chi connectivity index (χ0n) is 10.0. The summed E-state index contributed by atoms with van der Waals surface area (Å²) in [5.74, 6) is -1.20. The van der Waals surface area contributed by atoms with Crippen molar-refractivity contribution < 1.29 is 23.1 Å². The Morgan fingerprint density at radius 1 is 1.56 bits per heavy atom.